The van der Waals surface area contributed by atoms with Crippen LogP contribution in [0.5, 0.6) is 0 Å². The zero-order chi connectivity index (χ0) is 17.9. The first kappa shape index (κ1) is 16.7. The maximum absolute atomic E-state index is 12.8. The number of aryl methyl sites for hydroxylation is 1. The Morgan fingerprint density at radius 2 is 2.04 bits per heavy atom. The van der Waals surface area contributed by atoms with E-state index in [9.17, 15) is 4.39 Å². The van der Waals surface area contributed by atoms with Crippen LogP contribution in [0.15, 0.2) is 55.4 Å². The van der Waals surface area contributed by atoms with Gasteiger partial charge in [-0.05, 0) is 36.2 Å². The number of aromatic nitrogens is 5. The molecular weight excluding hydrogens is 353 g/mol. The molecule has 0 N–H and O–H groups in total. The summed E-state index contributed by atoms with van der Waals surface area (Å²) in [4.78, 5) is 13.2. The van der Waals surface area contributed by atoms with E-state index < -0.39 is 0 Å². The molecule has 0 unspecified atom stereocenters. The molecule has 3 aromatic heterocycles. The Kier molecular flexibility index (Phi) is 4.67. The first-order chi connectivity index (χ1) is 12.7. The van der Waals surface area contributed by atoms with Crippen molar-refractivity contribution >= 4 is 22.6 Å². The Hall–Kier alpha value is -2.73. The summed E-state index contributed by atoms with van der Waals surface area (Å²) in [5.74, 6) is 0.774. The van der Waals surface area contributed by atoms with Gasteiger partial charge in [0.15, 0.2) is 0 Å². The highest BCUT2D eigenvalue weighted by Crippen LogP contribution is 2.27. The molecule has 132 valence electrons. The van der Waals surface area contributed by atoms with E-state index in [0.29, 0.717) is 24.5 Å². The van der Waals surface area contributed by atoms with Crippen LogP contribution in [0.1, 0.15) is 12.0 Å². The first-order valence-electron chi connectivity index (χ1n) is 8.36. The standard InChI is InChI=1S/C19H17ClFN5/c20-16-2-3-17-18(9-16)26(6-1-4-21)19(24-17)15-8-14(10-23-11-15)12-25-7-5-22-13-25/h2-3,5,7-11,13H,1,4,6,12H2. The Morgan fingerprint density at radius 1 is 1.12 bits per heavy atom. The number of hydrogen-bond donors (Lipinski definition) is 0. The van der Waals surface area contributed by atoms with Crippen molar-refractivity contribution in [1.82, 2.24) is 24.1 Å². The van der Waals surface area contributed by atoms with E-state index in [0.717, 1.165) is 28.0 Å². The monoisotopic (exact) mass is 369 g/mol. The Bertz CT molecular complexity index is 1030. The molecule has 0 aliphatic heterocycles. The summed E-state index contributed by atoms with van der Waals surface area (Å²) >= 11 is 6.15. The van der Waals surface area contributed by atoms with E-state index in [4.69, 9.17) is 16.6 Å². The summed E-state index contributed by atoms with van der Waals surface area (Å²) in [6.07, 6.45) is 9.46. The minimum atomic E-state index is -0.376. The smallest absolute Gasteiger partial charge is 0.142 e. The highest BCUT2D eigenvalue weighted by molar-refractivity contribution is 6.31. The Labute approximate surface area is 155 Å². The van der Waals surface area contributed by atoms with Gasteiger partial charge in [-0.15, -0.1) is 0 Å². The second-order valence-corrected chi connectivity index (χ2v) is 6.52. The van der Waals surface area contributed by atoms with Crippen LogP contribution in [-0.2, 0) is 13.1 Å². The van der Waals surface area contributed by atoms with Gasteiger partial charge >= 0.3 is 0 Å². The molecule has 0 atom stereocenters. The molecule has 4 rings (SSSR count). The summed E-state index contributed by atoms with van der Waals surface area (Å²) in [7, 11) is 0. The third-order valence-electron chi connectivity index (χ3n) is 4.20. The van der Waals surface area contributed by atoms with Crippen molar-refractivity contribution in [3.05, 3.63) is 66.0 Å². The highest BCUT2D eigenvalue weighted by atomic mass is 35.5. The number of halogens is 2. The fourth-order valence-corrected chi connectivity index (χ4v) is 3.21. The van der Waals surface area contributed by atoms with Gasteiger partial charge in [-0.2, -0.15) is 0 Å². The minimum Gasteiger partial charge on any atom is -0.333 e. The van der Waals surface area contributed by atoms with Gasteiger partial charge in [0.05, 0.1) is 30.6 Å². The normalized spacial score (nSPS) is 11.3. The zero-order valence-corrected chi connectivity index (χ0v) is 14.8. The predicted octanol–water partition coefficient (Wildman–Crippen LogP) is 4.36. The number of pyridine rings is 1. The molecule has 0 amide bonds. The molecule has 0 aliphatic carbocycles. The average Bonchev–Trinajstić information content (AvgIpc) is 3.27. The number of nitrogens with zero attached hydrogens (tertiary/aromatic N) is 5. The van der Waals surface area contributed by atoms with E-state index in [-0.39, 0.29) is 6.67 Å². The number of benzene rings is 1. The van der Waals surface area contributed by atoms with Crippen molar-refractivity contribution in [3.8, 4) is 11.4 Å². The Morgan fingerprint density at radius 3 is 2.85 bits per heavy atom. The van der Waals surface area contributed by atoms with E-state index in [2.05, 4.69) is 16.0 Å². The highest BCUT2D eigenvalue weighted by Gasteiger charge is 2.14. The van der Waals surface area contributed by atoms with Crippen molar-refractivity contribution in [1.29, 1.82) is 0 Å². The molecule has 7 heteroatoms. The third kappa shape index (κ3) is 3.32. The molecule has 0 bridgehead atoms. The van der Waals surface area contributed by atoms with Gasteiger partial charge in [0.2, 0.25) is 0 Å². The first-order valence-corrected chi connectivity index (χ1v) is 8.74. The molecule has 4 aromatic rings. The number of alkyl halides is 1. The van der Waals surface area contributed by atoms with Crippen molar-refractivity contribution < 1.29 is 4.39 Å². The van der Waals surface area contributed by atoms with Gasteiger partial charge in [-0.1, -0.05) is 11.6 Å². The number of hydrogen-bond acceptors (Lipinski definition) is 3. The third-order valence-corrected chi connectivity index (χ3v) is 4.44. The predicted molar refractivity (Wildman–Crippen MR) is 99.9 cm³/mol. The van der Waals surface area contributed by atoms with Crippen LogP contribution >= 0.6 is 11.6 Å². The number of imidazole rings is 2. The molecule has 0 spiro atoms. The molecule has 26 heavy (non-hydrogen) atoms. The molecule has 0 fully saturated rings. The van der Waals surface area contributed by atoms with Crippen molar-refractivity contribution in [2.75, 3.05) is 6.67 Å². The molecule has 0 saturated heterocycles. The fourth-order valence-electron chi connectivity index (χ4n) is 3.05. The van der Waals surface area contributed by atoms with Crippen molar-refractivity contribution in [2.24, 2.45) is 0 Å². The van der Waals surface area contributed by atoms with Gasteiger partial charge in [0.1, 0.15) is 5.82 Å². The largest absolute Gasteiger partial charge is 0.333 e. The van der Waals surface area contributed by atoms with Crippen molar-refractivity contribution in [2.45, 2.75) is 19.5 Å². The molecule has 3 heterocycles. The zero-order valence-electron chi connectivity index (χ0n) is 14.0. The summed E-state index contributed by atoms with van der Waals surface area (Å²) in [6, 6.07) is 7.62. The van der Waals surface area contributed by atoms with Crippen molar-refractivity contribution in [3.63, 3.8) is 0 Å². The molecule has 0 radical (unpaired) electrons. The second kappa shape index (κ2) is 7.25. The van der Waals surface area contributed by atoms with Crippen LogP contribution in [0.2, 0.25) is 5.02 Å². The maximum atomic E-state index is 12.8. The molecule has 5 nitrogen and oxygen atoms in total. The summed E-state index contributed by atoms with van der Waals surface area (Å²) in [5.41, 5.74) is 3.68. The second-order valence-electron chi connectivity index (χ2n) is 6.08. The lowest BCUT2D eigenvalue weighted by atomic mass is 10.2. The van der Waals surface area contributed by atoms with Gasteiger partial charge in [-0.25, -0.2) is 9.97 Å². The van der Waals surface area contributed by atoms with E-state index in [1.165, 1.54) is 0 Å². The van der Waals surface area contributed by atoms with Crippen LogP contribution < -0.4 is 0 Å². The minimum absolute atomic E-state index is 0.376. The number of rotatable bonds is 6. The molecular formula is C19H17ClFN5. The van der Waals surface area contributed by atoms with Crippen LogP contribution in [0.3, 0.4) is 0 Å². The lowest BCUT2D eigenvalue weighted by Gasteiger charge is -2.09. The van der Waals surface area contributed by atoms with Gasteiger partial charge in [0.25, 0.3) is 0 Å². The molecule has 0 saturated carbocycles. The SMILES string of the molecule is FCCCn1c(-c2cncc(Cn3ccnc3)c2)nc2ccc(Cl)cc21. The average molecular weight is 370 g/mol. The topological polar surface area (TPSA) is 48.5 Å². The van der Waals surface area contributed by atoms with Crippen LogP contribution in [0, 0.1) is 0 Å². The van der Waals surface area contributed by atoms with Gasteiger partial charge in [-0.3, -0.25) is 9.37 Å². The maximum Gasteiger partial charge on any atom is 0.142 e. The summed E-state index contributed by atoms with van der Waals surface area (Å²) < 4.78 is 16.8. The molecule has 0 aliphatic rings. The van der Waals surface area contributed by atoms with E-state index in [1.807, 2.05) is 39.7 Å². The van der Waals surface area contributed by atoms with Gasteiger partial charge in [0, 0.05) is 41.9 Å². The van der Waals surface area contributed by atoms with E-state index in [1.54, 1.807) is 18.7 Å². The lowest BCUT2D eigenvalue weighted by molar-refractivity contribution is 0.450. The summed E-state index contributed by atoms with van der Waals surface area (Å²) in [5, 5.41) is 0.637. The fraction of sp³-hybridized carbons (Fsp3) is 0.211. The van der Waals surface area contributed by atoms with Crippen LogP contribution in [0.4, 0.5) is 4.39 Å². The van der Waals surface area contributed by atoms with Crippen LogP contribution in [-0.4, -0.2) is 30.8 Å². The summed E-state index contributed by atoms with van der Waals surface area (Å²) in [6.45, 7) is 0.838. The van der Waals surface area contributed by atoms with E-state index >= 15 is 0 Å². The number of fused-ring (bicyclic) bond motifs is 1. The Balaban J connectivity index is 1.78. The quantitative estimate of drug-likeness (QED) is 0.507. The van der Waals surface area contributed by atoms with Gasteiger partial charge < -0.3 is 9.13 Å². The van der Waals surface area contributed by atoms with Crippen LogP contribution in [0.25, 0.3) is 22.4 Å². The molecule has 1 aromatic carbocycles. The lowest BCUT2D eigenvalue weighted by Crippen LogP contribution is -2.03.